The molecule has 0 atom stereocenters. The Kier molecular flexibility index (Phi) is 5.79. The normalized spacial score (nSPS) is 10.7. The van der Waals surface area contributed by atoms with Gasteiger partial charge in [0, 0.05) is 12.1 Å². The van der Waals surface area contributed by atoms with Crippen molar-refractivity contribution in [2.24, 2.45) is 0 Å². The fraction of sp³-hybridized carbons (Fsp3) is 0.0952. The average molecular weight is 361 g/mol. The van der Waals surface area contributed by atoms with Crippen molar-refractivity contribution in [3.63, 3.8) is 0 Å². The molecule has 0 aliphatic carbocycles. The SMILES string of the molecule is Cc1cc(NC(=O)COC(=O)/C=C/c2ccccc2)n(-c2ccccc2)n1. The molecule has 1 amide bonds. The van der Waals surface area contributed by atoms with E-state index in [1.54, 1.807) is 16.8 Å². The fourth-order valence-electron chi connectivity index (χ4n) is 2.45. The molecule has 0 aliphatic rings. The number of aromatic nitrogens is 2. The van der Waals surface area contributed by atoms with Crippen LogP contribution in [-0.2, 0) is 14.3 Å². The van der Waals surface area contributed by atoms with Crippen molar-refractivity contribution in [1.29, 1.82) is 0 Å². The summed E-state index contributed by atoms with van der Waals surface area (Å²) >= 11 is 0. The van der Waals surface area contributed by atoms with Crippen molar-refractivity contribution in [3.05, 3.63) is 84.1 Å². The number of aryl methyl sites for hydroxylation is 1. The minimum Gasteiger partial charge on any atom is -0.452 e. The Labute approximate surface area is 157 Å². The highest BCUT2D eigenvalue weighted by Gasteiger charge is 2.12. The first-order valence-electron chi connectivity index (χ1n) is 8.43. The Hall–Kier alpha value is -3.67. The van der Waals surface area contributed by atoms with Gasteiger partial charge in [0.25, 0.3) is 5.91 Å². The highest BCUT2D eigenvalue weighted by atomic mass is 16.5. The third kappa shape index (κ3) is 5.15. The summed E-state index contributed by atoms with van der Waals surface area (Å²) in [5.74, 6) is -0.505. The second kappa shape index (κ2) is 8.62. The Morgan fingerprint density at radius 1 is 1.07 bits per heavy atom. The van der Waals surface area contributed by atoms with Gasteiger partial charge in [0.2, 0.25) is 0 Å². The fourth-order valence-corrected chi connectivity index (χ4v) is 2.45. The van der Waals surface area contributed by atoms with E-state index in [1.807, 2.05) is 67.6 Å². The van der Waals surface area contributed by atoms with Crippen LogP contribution in [0.5, 0.6) is 0 Å². The van der Waals surface area contributed by atoms with Gasteiger partial charge in [-0.1, -0.05) is 48.5 Å². The van der Waals surface area contributed by atoms with Crippen LogP contribution >= 0.6 is 0 Å². The molecule has 1 aromatic heterocycles. The zero-order chi connectivity index (χ0) is 19.1. The molecule has 6 heteroatoms. The van der Waals surface area contributed by atoms with Crippen LogP contribution in [0.1, 0.15) is 11.3 Å². The first-order valence-corrected chi connectivity index (χ1v) is 8.43. The summed E-state index contributed by atoms with van der Waals surface area (Å²) in [7, 11) is 0. The van der Waals surface area contributed by atoms with Gasteiger partial charge in [-0.2, -0.15) is 5.10 Å². The van der Waals surface area contributed by atoms with Crippen LogP contribution in [0.15, 0.2) is 72.8 Å². The molecule has 0 bridgehead atoms. The van der Waals surface area contributed by atoms with Gasteiger partial charge >= 0.3 is 5.97 Å². The summed E-state index contributed by atoms with van der Waals surface area (Å²) in [6.45, 7) is 1.46. The summed E-state index contributed by atoms with van der Waals surface area (Å²) in [4.78, 5) is 23.9. The van der Waals surface area contributed by atoms with E-state index in [0.29, 0.717) is 5.82 Å². The molecule has 0 unspecified atom stereocenters. The van der Waals surface area contributed by atoms with E-state index in [2.05, 4.69) is 10.4 Å². The molecule has 1 N–H and O–H groups in total. The summed E-state index contributed by atoms with van der Waals surface area (Å²) < 4.78 is 6.61. The molecular formula is C21H19N3O3. The van der Waals surface area contributed by atoms with Crippen LogP contribution in [0, 0.1) is 6.92 Å². The van der Waals surface area contributed by atoms with E-state index in [9.17, 15) is 9.59 Å². The Bertz CT molecular complexity index is 947. The highest BCUT2D eigenvalue weighted by molar-refractivity contribution is 5.94. The molecule has 2 aromatic carbocycles. The number of rotatable bonds is 6. The Morgan fingerprint density at radius 3 is 2.44 bits per heavy atom. The maximum Gasteiger partial charge on any atom is 0.331 e. The van der Waals surface area contributed by atoms with E-state index < -0.39 is 11.9 Å². The molecule has 0 saturated heterocycles. The first kappa shape index (κ1) is 18.1. The lowest BCUT2D eigenvalue weighted by Gasteiger charge is -2.08. The average Bonchev–Trinajstić information content (AvgIpc) is 3.06. The lowest BCUT2D eigenvalue weighted by atomic mass is 10.2. The van der Waals surface area contributed by atoms with Gasteiger partial charge < -0.3 is 10.1 Å². The van der Waals surface area contributed by atoms with Gasteiger partial charge in [-0.05, 0) is 30.7 Å². The topological polar surface area (TPSA) is 73.2 Å². The third-order valence-electron chi connectivity index (χ3n) is 3.66. The maximum absolute atomic E-state index is 12.1. The standard InChI is InChI=1S/C21H19N3O3/c1-16-14-19(24(23-16)18-10-6-3-7-11-18)22-20(25)15-27-21(26)13-12-17-8-4-2-5-9-17/h2-14H,15H2,1H3,(H,22,25)/b13-12+. The molecule has 0 aliphatic heterocycles. The minimum atomic E-state index is -0.582. The molecule has 0 fully saturated rings. The minimum absolute atomic E-state index is 0.378. The lowest BCUT2D eigenvalue weighted by Crippen LogP contribution is -2.21. The summed E-state index contributed by atoms with van der Waals surface area (Å²) in [5.41, 5.74) is 2.46. The number of amides is 1. The predicted molar refractivity (Wildman–Crippen MR) is 103 cm³/mol. The summed E-state index contributed by atoms with van der Waals surface area (Å²) in [6.07, 6.45) is 2.93. The van der Waals surface area contributed by atoms with Crippen LogP contribution in [0.2, 0.25) is 0 Å². The Balaban J connectivity index is 1.57. The van der Waals surface area contributed by atoms with Crippen molar-refractivity contribution >= 4 is 23.8 Å². The maximum atomic E-state index is 12.1. The number of esters is 1. The third-order valence-corrected chi connectivity index (χ3v) is 3.66. The van der Waals surface area contributed by atoms with Gasteiger partial charge in [0.05, 0.1) is 11.4 Å². The number of nitrogens with zero attached hydrogens (tertiary/aromatic N) is 2. The largest absolute Gasteiger partial charge is 0.452 e. The molecule has 3 rings (SSSR count). The van der Waals surface area contributed by atoms with Gasteiger partial charge in [-0.3, -0.25) is 4.79 Å². The van der Waals surface area contributed by atoms with Crippen molar-refractivity contribution in [2.75, 3.05) is 11.9 Å². The van der Waals surface area contributed by atoms with Gasteiger partial charge in [-0.25, -0.2) is 9.48 Å². The highest BCUT2D eigenvalue weighted by Crippen LogP contribution is 2.16. The number of anilines is 1. The zero-order valence-electron chi connectivity index (χ0n) is 14.8. The van der Waals surface area contributed by atoms with E-state index in [-0.39, 0.29) is 6.61 Å². The van der Waals surface area contributed by atoms with Crippen LogP contribution < -0.4 is 5.32 Å². The lowest BCUT2D eigenvalue weighted by molar-refractivity contribution is -0.142. The van der Waals surface area contributed by atoms with Gasteiger partial charge in [-0.15, -0.1) is 0 Å². The summed E-state index contributed by atoms with van der Waals surface area (Å²) in [6, 6.07) is 20.6. The van der Waals surface area contributed by atoms with Crippen LogP contribution in [0.3, 0.4) is 0 Å². The van der Waals surface area contributed by atoms with Crippen LogP contribution in [0.25, 0.3) is 11.8 Å². The molecule has 0 spiro atoms. The summed E-state index contributed by atoms with van der Waals surface area (Å²) in [5, 5.41) is 7.09. The number of hydrogen-bond donors (Lipinski definition) is 1. The molecule has 1 heterocycles. The molecule has 0 radical (unpaired) electrons. The molecule has 136 valence electrons. The van der Waals surface area contributed by atoms with E-state index in [4.69, 9.17) is 4.74 Å². The Morgan fingerprint density at radius 2 is 1.74 bits per heavy atom. The van der Waals surface area contributed by atoms with Crippen molar-refractivity contribution in [3.8, 4) is 5.69 Å². The van der Waals surface area contributed by atoms with Crippen molar-refractivity contribution in [2.45, 2.75) is 6.92 Å². The van der Waals surface area contributed by atoms with Crippen molar-refractivity contribution in [1.82, 2.24) is 9.78 Å². The van der Waals surface area contributed by atoms with E-state index in [0.717, 1.165) is 16.9 Å². The van der Waals surface area contributed by atoms with Gasteiger partial charge in [0.1, 0.15) is 5.82 Å². The van der Waals surface area contributed by atoms with Gasteiger partial charge in [0.15, 0.2) is 6.61 Å². The number of para-hydroxylation sites is 1. The van der Waals surface area contributed by atoms with E-state index >= 15 is 0 Å². The van der Waals surface area contributed by atoms with Crippen molar-refractivity contribution < 1.29 is 14.3 Å². The zero-order valence-corrected chi connectivity index (χ0v) is 14.8. The quantitative estimate of drug-likeness (QED) is 0.540. The number of hydrogen-bond acceptors (Lipinski definition) is 4. The monoisotopic (exact) mass is 361 g/mol. The smallest absolute Gasteiger partial charge is 0.331 e. The predicted octanol–water partition coefficient (Wildman–Crippen LogP) is 3.38. The number of nitrogens with one attached hydrogen (secondary N) is 1. The number of ether oxygens (including phenoxy) is 1. The number of benzene rings is 2. The first-order chi connectivity index (χ1) is 13.1. The molecule has 0 saturated carbocycles. The van der Waals surface area contributed by atoms with Crippen LogP contribution in [0.4, 0.5) is 5.82 Å². The molecule has 3 aromatic rings. The van der Waals surface area contributed by atoms with Crippen LogP contribution in [-0.4, -0.2) is 28.3 Å². The van der Waals surface area contributed by atoms with E-state index in [1.165, 1.54) is 6.08 Å². The second-order valence-corrected chi connectivity index (χ2v) is 5.82. The molecule has 6 nitrogen and oxygen atoms in total. The number of carbonyl (C=O) groups excluding carboxylic acids is 2. The molecule has 27 heavy (non-hydrogen) atoms. The second-order valence-electron chi connectivity index (χ2n) is 5.82. The molecular weight excluding hydrogens is 342 g/mol. The number of carbonyl (C=O) groups is 2.